The number of aromatic carboxylic acids is 1. The summed E-state index contributed by atoms with van der Waals surface area (Å²) in [4.78, 5) is 49.0. The lowest BCUT2D eigenvalue weighted by atomic mass is 10.0. The standard InChI is InChI=1S/C22H18N4O5S/c1-31-22(30)18(8-13-10-23-11-24-13)26-20(27)17-9-15(21(28)29)14-7-12(4-5-16(14)25-17)19-3-2-6-32-19/h2-7,9-11,18H,8H2,1H3,(H,23,24)(H,26,27)(H,28,29)/t18-/m0/s1. The second-order valence-corrected chi connectivity index (χ2v) is 7.85. The number of nitrogens with one attached hydrogen (secondary N) is 2. The smallest absolute Gasteiger partial charge is 0.336 e. The number of amides is 1. The number of rotatable bonds is 7. The Kier molecular flexibility index (Phi) is 5.95. The van der Waals surface area contributed by atoms with Crippen molar-refractivity contribution in [3.05, 3.63) is 71.3 Å². The van der Waals surface area contributed by atoms with Gasteiger partial charge in [-0.15, -0.1) is 11.3 Å². The van der Waals surface area contributed by atoms with E-state index in [1.807, 2.05) is 23.6 Å². The van der Waals surface area contributed by atoms with Gasteiger partial charge < -0.3 is 20.1 Å². The summed E-state index contributed by atoms with van der Waals surface area (Å²) < 4.78 is 4.78. The molecule has 1 amide bonds. The molecule has 0 aliphatic carbocycles. The molecule has 10 heteroatoms. The maximum Gasteiger partial charge on any atom is 0.336 e. The number of hydrogen-bond donors (Lipinski definition) is 3. The second kappa shape index (κ2) is 8.98. The van der Waals surface area contributed by atoms with Crippen molar-refractivity contribution >= 4 is 40.1 Å². The lowest BCUT2D eigenvalue weighted by Gasteiger charge is -2.16. The van der Waals surface area contributed by atoms with Gasteiger partial charge in [-0.3, -0.25) is 4.79 Å². The topological polar surface area (TPSA) is 134 Å². The number of pyridine rings is 1. The molecule has 4 rings (SSSR count). The number of ether oxygens (including phenoxy) is 1. The van der Waals surface area contributed by atoms with Crippen molar-refractivity contribution in [3.63, 3.8) is 0 Å². The minimum absolute atomic E-state index is 0.0539. The van der Waals surface area contributed by atoms with Gasteiger partial charge in [-0.25, -0.2) is 19.6 Å². The number of carbonyl (C=O) groups is 3. The van der Waals surface area contributed by atoms with Crippen molar-refractivity contribution in [2.75, 3.05) is 7.11 Å². The summed E-state index contributed by atoms with van der Waals surface area (Å²) in [6.45, 7) is 0. The van der Waals surface area contributed by atoms with Gasteiger partial charge in [-0.1, -0.05) is 12.1 Å². The summed E-state index contributed by atoms with van der Waals surface area (Å²) in [6.07, 6.45) is 3.12. The second-order valence-electron chi connectivity index (χ2n) is 6.90. The molecule has 9 nitrogen and oxygen atoms in total. The van der Waals surface area contributed by atoms with Crippen molar-refractivity contribution in [1.29, 1.82) is 0 Å². The van der Waals surface area contributed by atoms with E-state index in [0.717, 1.165) is 10.4 Å². The number of carboxylic acid groups (broad SMARTS) is 1. The molecule has 1 aromatic carbocycles. The highest BCUT2D eigenvalue weighted by Gasteiger charge is 2.25. The molecule has 0 saturated heterocycles. The number of methoxy groups -OCH3 is 1. The fourth-order valence-electron chi connectivity index (χ4n) is 3.30. The number of benzene rings is 1. The number of nitrogens with zero attached hydrogens (tertiary/aromatic N) is 2. The van der Waals surface area contributed by atoms with E-state index in [2.05, 4.69) is 20.3 Å². The molecular weight excluding hydrogens is 432 g/mol. The number of aromatic amines is 1. The maximum absolute atomic E-state index is 12.9. The number of carboxylic acids is 1. The molecule has 0 unspecified atom stereocenters. The first-order valence-corrected chi connectivity index (χ1v) is 10.4. The highest BCUT2D eigenvalue weighted by Crippen LogP contribution is 2.29. The summed E-state index contributed by atoms with van der Waals surface area (Å²) >= 11 is 1.54. The molecule has 1 atom stereocenters. The lowest BCUT2D eigenvalue weighted by Crippen LogP contribution is -2.43. The third-order valence-corrected chi connectivity index (χ3v) is 5.77. The van der Waals surface area contributed by atoms with Crippen LogP contribution in [0.15, 0.2) is 54.3 Å². The molecule has 162 valence electrons. The number of thiophene rings is 1. The Morgan fingerprint density at radius 1 is 1.25 bits per heavy atom. The van der Waals surface area contributed by atoms with Crippen LogP contribution in [-0.4, -0.2) is 51.1 Å². The zero-order valence-corrected chi connectivity index (χ0v) is 17.7. The molecule has 0 fully saturated rings. The van der Waals surface area contributed by atoms with Gasteiger partial charge in [0.15, 0.2) is 0 Å². The molecule has 0 radical (unpaired) electrons. The third-order valence-electron chi connectivity index (χ3n) is 4.85. The first-order valence-electron chi connectivity index (χ1n) is 9.54. The van der Waals surface area contributed by atoms with Crippen molar-refractivity contribution in [2.24, 2.45) is 0 Å². The minimum Gasteiger partial charge on any atom is -0.478 e. The van der Waals surface area contributed by atoms with Crippen LogP contribution >= 0.6 is 11.3 Å². The van der Waals surface area contributed by atoms with Crippen LogP contribution in [0, 0.1) is 0 Å². The van der Waals surface area contributed by atoms with Crippen LogP contribution in [0.3, 0.4) is 0 Å². The molecule has 32 heavy (non-hydrogen) atoms. The van der Waals surface area contributed by atoms with E-state index < -0.39 is 23.9 Å². The Morgan fingerprint density at radius 3 is 2.75 bits per heavy atom. The number of carbonyl (C=O) groups excluding carboxylic acids is 2. The van der Waals surface area contributed by atoms with Gasteiger partial charge in [0.25, 0.3) is 5.91 Å². The third kappa shape index (κ3) is 4.35. The van der Waals surface area contributed by atoms with E-state index in [4.69, 9.17) is 4.74 Å². The van der Waals surface area contributed by atoms with Crippen LogP contribution in [0.5, 0.6) is 0 Å². The molecule has 0 bridgehead atoms. The number of esters is 1. The number of hydrogen-bond acceptors (Lipinski definition) is 7. The Labute approximate surface area is 186 Å². The summed E-state index contributed by atoms with van der Waals surface area (Å²) in [5, 5.41) is 14.7. The monoisotopic (exact) mass is 450 g/mol. The predicted octanol–water partition coefficient (Wildman–Crippen LogP) is 2.90. The normalized spacial score (nSPS) is 11.8. The maximum atomic E-state index is 12.9. The van der Waals surface area contributed by atoms with E-state index in [-0.39, 0.29) is 17.7 Å². The van der Waals surface area contributed by atoms with Gasteiger partial charge in [0.05, 0.1) is 24.5 Å². The van der Waals surface area contributed by atoms with Gasteiger partial charge in [-0.05, 0) is 35.2 Å². The summed E-state index contributed by atoms with van der Waals surface area (Å²) in [5.74, 6) is -2.52. The number of H-pyrrole nitrogens is 1. The van der Waals surface area contributed by atoms with Crippen molar-refractivity contribution in [3.8, 4) is 10.4 Å². The number of imidazole rings is 1. The van der Waals surface area contributed by atoms with Gasteiger partial charge in [-0.2, -0.15) is 0 Å². The number of aromatic nitrogens is 3. The molecule has 3 aromatic heterocycles. The Bertz CT molecular complexity index is 1290. The van der Waals surface area contributed by atoms with Crippen LogP contribution in [0.25, 0.3) is 21.3 Å². The zero-order chi connectivity index (χ0) is 22.7. The van der Waals surface area contributed by atoms with Crippen LogP contribution in [-0.2, 0) is 16.0 Å². The largest absolute Gasteiger partial charge is 0.478 e. The summed E-state index contributed by atoms with van der Waals surface area (Å²) in [7, 11) is 1.22. The molecule has 0 saturated carbocycles. The van der Waals surface area contributed by atoms with Crippen LogP contribution in [0.4, 0.5) is 0 Å². The fraction of sp³-hybridized carbons (Fsp3) is 0.136. The van der Waals surface area contributed by atoms with Crippen LogP contribution < -0.4 is 5.32 Å². The quantitative estimate of drug-likeness (QED) is 0.369. The Morgan fingerprint density at radius 2 is 2.09 bits per heavy atom. The van der Waals surface area contributed by atoms with Crippen molar-refractivity contribution < 1.29 is 24.2 Å². The zero-order valence-electron chi connectivity index (χ0n) is 16.9. The van der Waals surface area contributed by atoms with E-state index in [1.54, 1.807) is 12.1 Å². The van der Waals surface area contributed by atoms with Crippen LogP contribution in [0.2, 0.25) is 0 Å². The van der Waals surface area contributed by atoms with Gasteiger partial charge >= 0.3 is 11.9 Å². The Balaban J connectivity index is 1.68. The van der Waals surface area contributed by atoms with E-state index in [9.17, 15) is 19.5 Å². The minimum atomic E-state index is -1.18. The molecular formula is C22H18N4O5S. The van der Waals surface area contributed by atoms with E-state index >= 15 is 0 Å². The molecule has 3 N–H and O–H groups in total. The van der Waals surface area contributed by atoms with Crippen molar-refractivity contribution in [1.82, 2.24) is 20.3 Å². The van der Waals surface area contributed by atoms with Gasteiger partial charge in [0.1, 0.15) is 11.7 Å². The Hall–Kier alpha value is -4.05. The summed E-state index contributed by atoms with van der Waals surface area (Å²) in [6, 6.07) is 9.31. The van der Waals surface area contributed by atoms with Gasteiger partial charge in [0, 0.05) is 28.6 Å². The fourth-order valence-corrected chi connectivity index (χ4v) is 4.02. The first kappa shape index (κ1) is 21.2. The van der Waals surface area contributed by atoms with E-state index in [0.29, 0.717) is 16.6 Å². The number of fused-ring (bicyclic) bond motifs is 1. The highest BCUT2D eigenvalue weighted by atomic mass is 32.1. The van der Waals surface area contributed by atoms with Crippen molar-refractivity contribution in [2.45, 2.75) is 12.5 Å². The highest BCUT2D eigenvalue weighted by molar-refractivity contribution is 7.13. The molecule has 0 spiro atoms. The molecule has 0 aliphatic rings. The van der Waals surface area contributed by atoms with E-state index in [1.165, 1.54) is 37.0 Å². The lowest BCUT2D eigenvalue weighted by molar-refractivity contribution is -0.142. The average molecular weight is 450 g/mol. The van der Waals surface area contributed by atoms with Gasteiger partial charge in [0.2, 0.25) is 0 Å². The average Bonchev–Trinajstić information content (AvgIpc) is 3.51. The molecule has 3 heterocycles. The predicted molar refractivity (Wildman–Crippen MR) is 118 cm³/mol. The SMILES string of the molecule is COC(=O)[C@H](Cc1cnc[nH]1)NC(=O)c1cc(C(=O)O)c2cc(-c3cccs3)ccc2n1. The molecule has 4 aromatic rings. The summed E-state index contributed by atoms with van der Waals surface area (Å²) in [5.41, 5.74) is 1.68. The van der Waals surface area contributed by atoms with Crippen LogP contribution in [0.1, 0.15) is 26.5 Å². The first-order chi connectivity index (χ1) is 15.5. The molecule has 0 aliphatic heterocycles.